The first-order valence-electron chi connectivity index (χ1n) is 5.75. The van der Waals surface area contributed by atoms with E-state index in [-0.39, 0.29) is 23.6 Å². The van der Waals surface area contributed by atoms with Gasteiger partial charge in [0.2, 0.25) is 0 Å². The number of hydrogen-bond acceptors (Lipinski definition) is 6. The van der Waals surface area contributed by atoms with Crippen LogP contribution in [0.3, 0.4) is 0 Å². The zero-order valence-electron chi connectivity index (χ0n) is 11.0. The summed E-state index contributed by atoms with van der Waals surface area (Å²) < 4.78 is 18.2. The van der Waals surface area contributed by atoms with Crippen molar-refractivity contribution in [2.75, 3.05) is 11.9 Å². The molecule has 0 saturated heterocycles. The number of nitrogens with one attached hydrogen (secondary N) is 1. The van der Waals surface area contributed by atoms with Gasteiger partial charge in [-0.3, -0.25) is 0 Å². The molecule has 1 N–H and O–H groups in total. The van der Waals surface area contributed by atoms with Gasteiger partial charge in [0.05, 0.1) is 12.2 Å². The van der Waals surface area contributed by atoms with Crippen molar-refractivity contribution in [2.45, 2.75) is 6.92 Å². The number of hydrogen-bond donors (Lipinski definition) is 1. The lowest BCUT2D eigenvalue weighted by molar-refractivity contribution is 0.0521. The summed E-state index contributed by atoms with van der Waals surface area (Å²) >= 11 is 0. The summed E-state index contributed by atoms with van der Waals surface area (Å²) in [5.74, 6) is -1.62. The molecule has 0 amide bonds. The highest BCUT2D eigenvalue weighted by Crippen LogP contribution is 2.18. The Bertz CT molecular complexity index is 704. The highest BCUT2D eigenvalue weighted by atomic mass is 19.1. The Balaban J connectivity index is 3.18. The summed E-state index contributed by atoms with van der Waals surface area (Å²) in [6.07, 6.45) is 0. The van der Waals surface area contributed by atoms with E-state index in [0.717, 1.165) is 12.1 Å². The molecule has 0 unspecified atom stereocenters. The van der Waals surface area contributed by atoms with E-state index >= 15 is 0 Å². The molecule has 1 rings (SSSR count). The fourth-order valence-electron chi connectivity index (χ4n) is 1.40. The summed E-state index contributed by atoms with van der Waals surface area (Å²) in [5.41, 5.74) is -0.838. The molecule has 1 aromatic carbocycles. The first-order chi connectivity index (χ1) is 10.1. The number of esters is 1. The van der Waals surface area contributed by atoms with Gasteiger partial charge < -0.3 is 10.1 Å². The van der Waals surface area contributed by atoms with E-state index in [0.29, 0.717) is 0 Å². The molecule has 0 bridgehead atoms. The molecule has 0 radical (unpaired) electrons. The number of rotatable bonds is 4. The Morgan fingerprint density at radius 1 is 1.29 bits per heavy atom. The van der Waals surface area contributed by atoms with E-state index in [1.54, 1.807) is 25.1 Å². The molecule has 104 valence electrons. The van der Waals surface area contributed by atoms with Crippen LogP contribution in [-0.2, 0) is 4.74 Å². The highest BCUT2D eigenvalue weighted by molar-refractivity contribution is 5.91. The maximum Gasteiger partial charge on any atom is 0.341 e. The zero-order valence-corrected chi connectivity index (χ0v) is 11.0. The molecule has 0 aliphatic rings. The Morgan fingerprint density at radius 3 is 2.48 bits per heavy atom. The molecule has 0 saturated carbocycles. The second kappa shape index (κ2) is 7.28. The second-order valence-electron chi connectivity index (χ2n) is 3.63. The van der Waals surface area contributed by atoms with Crippen LogP contribution in [0.1, 0.15) is 17.3 Å². The predicted molar refractivity (Wildman–Crippen MR) is 69.8 cm³/mol. The van der Waals surface area contributed by atoms with E-state index < -0.39 is 17.4 Å². The third-order valence-corrected chi connectivity index (χ3v) is 2.32. The smallest absolute Gasteiger partial charge is 0.341 e. The highest BCUT2D eigenvalue weighted by Gasteiger charge is 2.14. The molecule has 0 aliphatic heterocycles. The molecule has 0 fully saturated rings. The quantitative estimate of drug-likeness (QED) is 0.670. The molecule has 21 heavy (non-hydrogen) atoms. The van der Waals surface area contributed by atoms with Crippen LogP contribution in [0.2, 0.25) is 0 Å². The zero-order chi connectivity index (χ0) is 15.8. The van der Waals surface area contributed by atoms with Crippen LogP contribution < -0.4 is 5.32 Å². The Hall–Kier alpha value is -3.37. The van der Waals surface area contributed by atoms with E-state index in [4.69, 9.17) is 20.5 Å². The van der Waals surface area contributed by atoms with Gasteiger partial charge in [0, 0.05) is 5.69 Å². The van der Waals surface area contributed by atoms with Crippen LogP contribution in [-0.4, -0.2) is 12.6 Å². The van der Waals surface area contributed by atoms with Crippen molar-refractivity contribution >= 4 is 11.7 Å². The number of halogens is 1. The fraction of sp³-hybridized carbons (Fsp3) is 0.143. The molecule has 0 heterocycles. The number of carbonyl (C=O) groups excluding carboxylic acids is 1. The minimum atomic E-state index is -0.845. The summed E-state index contributed by atoms with van der Waals surface area (Å²) in [7, 11) is 0. The van der Waals surface area contributed by atoms with Gasteiger partial charge in [0.1, 0.15) is 29.7 Å². The lowest BCUT2D eigenvalue weighted by Gasteiger charge is -2.08. The average molecular weight is 284 g/mol. The normalized spacial score (nSPS) is 8.71. The lowest BCUT2D eigenvalue weighted by atomic mass is 10.1. The van der Waals surface area contributed by atoms with Gasteiger partial charge in [0.15, 0.2) is 5.57 Å². The van der Waals surface area contributed by atoms with Crippen LogP contribution >= 0.6 is 0 Å². The van der Waals surface area contributed by atoms with E-state index in [1.165, 1.54) is 6.07 Å². The molecule has 0 aromatic heterocycles. The summed E-state index contributed by atoms with van der Waals surface area (Å²) in [4.78, 5) is 11.5. The van der Waals surface area contributed by atoms with E-state index in [2.05, 4.69) is 5.32 Å². The lowest BCUT2D eigenvalue weighted by Crippen LogP contribution is -2.08. The summed E-state index contributed by atoms with van der Waals surface area (Å²) in [5, 5.41) is 28.8. The molecule has 1 aromatic rings. The third-order valence-electron chi connectivity index (χ3n) is 2.32. The molecular weight excluding hydrogens is 275 g/mol. The topological polar surface area (TPSA) is 110 Å². The predicted octanol–water partition coefficient (Wildman–Crippen LogP) is 2.24. The molecule has 0 spiro atoms. The first kappa shape index (κ1) is 15.7. The van der Waals surface area contributed by atoms with Crippen LogP contribution in [0.15, 0.2) is 29.5 Å². The van der Waals surface area contributed by atoms with Crippen LogP contribution in [0.5, 0.6) is 0 Å². The molecule has 6 nitrogen and oxygen atoms in total. The number of benzene rings is 1. The SMILES string of the molecule is CCOC(=O)c1cc(NC(C#N)=C(C#N)C#N)ccc1F. The van der Waals surface area contributed by atoms with Crippen LogP contribution in [0.25, 0.3) is 0 Å². The number of nitriles is 3. The van der Waals surface area contributed by atoms with Gasteiger partial charge in [-0.15, -0.1) is 0 Å². The minimum absolute atomic E-state index is 0.0896. The summed E-state index contributed by atoms with van der Waals surface area (Å²) in [6, 6.07) is 8.19. The van der Waals surface area contributed by atoms with Crippen molar-refractivity contribution in [3.05, 3.63) is 40.8 Å². The van der Waals surface area contributed by atoms with Crippen molar-refractivity contribution in [3.63, 3.8) is 0 Å². The van der Waals surface area contributed by atoms with E-state index in [9.17, 15) is 9.18 Å². The average Bonchev–Trinajstić information content (AvgIpc) is 2.49. The number of ether oxygens (including phenoxy) is 1. The van der Waals surface area contributed by atoms with Crippen molar-refractivity contribution in [2.24, 2.45) is 0 Å². The van der Waals surface area contributed by atoms with Gasteiger partial charge in [-0.25, -0.2) is 9.18 Å². The molecular formula is C14H9FN4O2. The second-order valence-corrected chi connectivity index (χ2v) is 3.63. The first-order valence-corrected chi connectivity index (χ1v) is 5.75. The Kier molecular flexibility index (Phi) is 5.43. The summed E-state index contributed by atoms with van der Waals surface area (Å²) in [6.45, 7) is 1.67. The number of nitrogens with zero attached hydrogens (tertiary/aromatic N) is 3. The van der Waals surface area contributed by atoms with E-state index in [1.807, 2.05) is 0 Å². The maximum atomic E-state index is 13.5. The largest absolute Gasteiger partial charge is 0.462 e. The number of allylic oxidation sites excluding steroid dienone is 2. The van der Waals surface area contributed by atoms with Gasteiger partial charge in [-0.1, -0.05) is 0 Å². The molecule has 0 atom stereocenters. The van der Waals surface area contributed by atoms with Gasteiger partial charge >= 0.3 is 5.97 Å². The minimum Gasteiger partial charge on any atom is -0.462 e. The standard InChI is InChI=1S/C14H9FN4O2/c1-2-21-14(20)11-5-10(3-4-12(11)15)19-13(8-18)9(6-16)7-17/h3-5,19H,2H2,1H3. The number of anilines is 1. The van der Waals surface area contributed by atoms with Crippen molar-refractivity contribution in [1.82, 2.24) is 0 Å². The van der Waals surface area contributed by atoms with Crippen LogP contribution in [0, 0.1) is 39.8 Å². The molecule has 0 aliphatic carbocycles. The fourth-order valence-corrected chi connectivity index (χ4v) is 1.40. The monoisotopic (exact) mass is 284 g/mol. The maximum absolute atomic E-state index is 13.5. The van der Waals surface area contributed by atoms with Crippen molar-refractivity contribution in [1.29, 1.82) is 15.8 Å². The van der Waals surface area contributed by atoms with Crippen molar-refractivity contribution in [3.8, 4) is 18.2 Å². The third kappa shape index (κ3) is 3.79. The molecule has 7 heteroatoms. The Labute approximate surface area is 120 Å². The van der Waals surface area contributed by atoms with Crippen molar-refractivity contribution < 1.29 is 13.9 Å². The van der Waals surface area contributed by atoms with Crippen LogP contribution in [0.4, 0.5) is 10.1 Å². The van der Waals surface area contributed by atoms with Gasteiger partial charge in [-0.05, 0) is 25.1 Å². The Morgan fingerprint density at radius 2 is 1.95 bits per heavy atom. The van der Waals surface area contributed by atoms with Gasteiger partial charge in [0.25, 0.3) is 0 Å². The number of carbonyl (C=O) groups is 1. The van der Waals surface area contributed by atoms with Gasteiger partial charge in [-0.2, -0.15) is 15.8 Å².